The molecule has 4 rings (SSSR count). The molecule has 0 radical (unpaired) electrons. The Morgan fingerprint density at radius 1 is 0.913 bits per heavy atom. The highest BCUT2D eigenvalue weighted by atomic mass is 32.1. The van der Waals surface area contributed by atoms with Gasteiger partial charge in [0, 0.05) is 17.4 Å². The summed E-state index contributed by atoms with van der Waals surface area (Å²) in [4.78, 5) is 19.2. The first-order chi connectivity index (χ1) is 11.2. The minimum atomic E-state index is -0.0733. The predicted octanol–water partition coefficient (Wildman–Crippen LogP) is 3.78. The molecule has 2 N–H and O–H groups in total. The number of benzene rings is 2. The van der Waals surface area contributed by atoms with Crippen LogP contribution in [0.3, 0.4) is 0 Å². The molecule has 0 aliphatic rings. The van der Waals surface area contributed by atoms with E-state index in [9.17, 15) is 4.79 Å². The second-order valence-corrected chi connectivity index (χ2v) is 5.93. The molecule has 0 fully saturated rings. The van der Waals surface area contributed by atoms with E-state index in [4.69, 9.17) is 12.2 Å². The van der Waals surface area contributed by atoms with Gasteiger partial charge in [-0.3, -0.25) is 9.36 Å². The fourth-order valence-electron chi connectivity index (χ4n) is 2.92. The standard InChI is InChI=1S/C18H15N3OS/c22-17-16-15(13-8-4-5-9-14(13)19-16)20-18(23)21(17)11-10-12-6-2-1-3-7-12/h1-9,19H,10-11H2,(H,20,23). The van der Waals surface area contributed by atoms with E-state index in [1.54, 1.807) is 4.57 Å². The van der Waals surface area contributed by atoms with E-state index < -0.39 is 0 Å². The summed E-state index contributed by atoms with van der Waals surface area (Å²) < 4.78 is 2.09. The number of aromatic nitrogens is 3. The van der Waals surface area contributed by atoms with Crippen molar-refractivity contribution in [2.75, 3.05) is 0 Å². The minimum absolute atomic E-state index is 0.0733. The SMILES string of the molecule is O=c1c2[nH]c3ccccc3c2[nH]c(=S)n1CCc1ccccc1. The Labute approximate surface area is 137 Å². The smallest absolute Gasteiger partial charge is 0.278 e. The van der Waals surface area contributed by atoms with Crippen molar-refractivity contribution >= 4 is 34.2 Å². The van der Waals surface area contributed by atoms with Crippen LogP contribution in [0.4, 0.5) is 0 Å². The third-order valence-corrected chi connectivity index (χ3v) is 4.43. The molecule has 5 heteroatoms. The first-order valence-corrected chi connectivity index (χ1v) is 7.92. The third-order valence-electron chi connectivity index (χ3n) is 4.11. The lowest BCUT2D eigenvalue weighted by atomic mass is 10.1. The normalized spacial score (nSPS) is 11.3. The molecule has 0 unspecified atom stereocenters. The van der Waals surface area contributed by atoms with Crippen molar-refractivity contribution in [1.29, 1.82) is 0 Å². The number of H-pyrrole nitrogens is 2. The van der Waals surface area contributed by atoms with E-state index in [-0.39, 0.29) is 5.56 Å². The van der Waals surface area contributed by atoms with Gasteiger partial charge in [-0.2, -0.15) is 0 Å². The molecule has 0 saturated carbocycles. The van der Waals surface area contributed by atoms with Crippen molar-refractivity contribution in [2.24, 2.45) is 0 Å². The van der Waals surface area contributed by atoms with Gasteiger partial charge in [0.15, 0.2) is 4.77 Å². The van der Waals surface area contributed by atoms with E-state index in [1.165, 1.54) is 5.56 Å². The first kappa shape index (κ1) is 14.0. The number of hydrogen-bond donors (Lipinski definition) is 2. The molecule has 0 bridgehead atoms. The molecule has 4 aromatic rings. The van der Waals surface area contributed by atoms with Gasteiger partial charge < -0.3 is 9.97 Å². The number of nitrogens with zero attached hydrogens (tertiary/aromatic N) is 1. The second kappa shape index (κ2) is 5.52. The summed E-state index contributed by atoms with van der Waals surface area (Å²) in [6.07, 6.45) is 0.768. The van der Waals surface area contributed by atoms with Gasteiger partial charge in [0.05, 0.1) is 5.52 Å². The number of aromatic amines is 2. The largest absolute Gasteiger partial charge is 0.349 e. The summed E-state index contributed by atoms with van der Waals surface area (Å²) in [5.41, 5.74) is 3.41. The summed E-state index contributed by atoms with van der Waals surface area (Å²) in [6.45, 7) is 0.559. The summed E-state index contributed by atoms with van der Waals surface area (Å²) in [7, 11) is 0. The molecular formula is C18H15N3OS. The van der Waals surface area contributed by atoms with Crippen LogP contribution in [0.25, 0.3) is 21.9 Å². The fourth-order valence-corrected chi connectivity index (χ4v) is 3.20. The molecule has 0 saturated heterocycles. The Morgan fingerprint density at radius 3 is 2.48 bits per heavy atom. The quantitative estimate of drug-likeness (QED) is 0.564. The summed E-state index contributed by atoms with van der Waals surface area (Å²) >= 11 is 5.40. The van der Waals surface area contributed by atoms with Crippen molar-refractivity contribution in [3.8, 4) is 0 Å². The lowest BCUT2D eigenvalue weighted by Gasteiger charge is -2.06. The van der Waals surface area contributed by atoms with Crippen LogP contribution < -0.4 is 5.56 Å². The van der Waals surface area contributed by atoms with Crippen molar-refractivity contribution in [2.45, 2.75) is 13.0 Å². The molecule has 0 aliphatic carbocycles. The summed E-state index contributed by atoms with van der Waals surface area (Å²) in [5.74, 6) is 0. The van der Waals surface area contributed by atoms with Gasteiger partial charge in [-0.05, 0) is 30.3 Å². The van der Waals surface area contributed by atoms with Gasteiger partial charge in [0.1, 0.15) is 5.52 Å². The van der Waals surface area contributed by atoms with Crippen LogP contribution in [0.2, 0.25) is 0 Å². The van der Waals surface area contributed by atoms with Gasteiger partial charge >= 0.3 is 0 Å². The zero-order chi connectivity index (χ0) is 15.8. The number of hydrogen-bond acceptors (Lipinski definition) is 2. The van der Waals surface area contributed by atoms with Crippen molar-refractivity contribution in [1.82, 2.24) is 14.5 Å². The molecule has 2 aromatic carbocycles. The topological polar surface area (TPSA) is 53.6 Å². The van der Waals surface area contributed by atoms with Crippen LogP contribution in [0.15, 0.2) is 59.4 Å². The molecule has 2 heterocycles. The van der Waals surface area contributed by atoms with Gasteiger partial charge in [-0.15, -0.1) is 0 Å². The maximum atomic E-state index is 12.8. The third kappa shape index (κ3) is 2.39. The predicted molar refractivity (Wildman–Crippen MR) is 95.4 cm³/mol. The molecule has 23 heavy (non-hydrogen) atoms. The van der Waals surface area contributed by atoms with E-state index >= 15 is 0 Å². The Hall–Kier alpha value is -2.66. The van der Waals surface area contributed by atoms with E-state index in [0.29, 0.717) is 16.8 Å². The number of nitrogens with one attached hydrogen (secondary N) is 2. The molecule has 4 nitrogen and oxygen atoms in total. The van der Waals surface area contributed by atoms with E-state index in [2.05, 4.69) is 22.1 Å². The Morgan fingerprint density at radius 2 is 1.65 bits per heavy atom. The lowest BCUT2D eigenvalue weighted by molar-refractivity contribution is 0.652. The zero-order valence-corrected chi connectivity index (χ0v) is 13.2. The number of para-hydroxylation sites is 1. The Kier molecular flexibility index (Phi) is 3.35. The van der Waals surface area contributed by atoms with Crippen molar-refractivity contribution < 1.29 is 0 Å². The highest BCUT2D eigenvalue weighted by Gasteiger charge is 2.11. The highest BCUT2D eigenvalue weighted by Crippen LogP contribution is 2.20. The van der Waals surface area contributed by atoms with Gasteiger partial charge in [0.25, 0.3) is 5.56 Å². The number of aryl methyl sites for hydroxylation is 1. The first-order valence-electron chi connectivity index (χ1n) is 7.51. The van der Waals surface area contributed by atoms with Crippen LogP contribution in [0.1, 0.15) is 5.56 Å². The molecular weight excluding hydrogens is 306 g/mol. The van der Waals surface area contributed by atoms with E-state index in [0.717, 1.165) is 22.8 Å². The van der Waals surface area contributed by atoms with E-state index in [1.807, 2.05) is 42.5 Å². The second-order valence-electron chi connectivity index (χ2n) is 5.54. The van der Waals surface area contributed by atoms with Crippen LogP contribution in [0, 0.1) is 4.77 Å². The molecule has 0 aliphatic heterocycles. The minimum Gasteiger partial charge on any atom is -0.349 e. The Balaban J connectivity index is 1.83. The molecule has 0 amide bonds. The maximum absolute atomic E-state index is 12.8. The molecule has 0 spiro atoms. The average molecular weight is 321 g/mol. The van der Waals surface area contributed by atoms with Gasteiger partial charge in [0.2, 0.25) is 0 Å². The monoisotopic (exact) mass is 321 g/mol. The molecule has 0 atom stereocenters. The lowest BCUT2D eigenvalue weighted by Crippen LogP contribution is -2.23. The molecule has 114 valence electrons. The average Bonchev–Trinajstić information content (AvgIpc) is 2.95. The zero-order valence-electron chi connectivity index (χ0n) is 12.4. The van der Waals surface area contributed by atoms with Gasteiger partial charge in [-0.25, -0.2) is 0 Å². The van der Waals surface area contributed by atoms with Gasteiger partial charge in [-0.1, -0.05) is 48.5 Å². The van der Waals surface area contributed by atoms with Crippen molar-refractivity contribution in [3.63, 3.8) is 0 Å². The van der Waals surface area contributed by atoms with Crippen LogP contribution in [0.5, 0.6) is 0 Å². The maximum Gasteiger partial charge on any atom is 0.278 e. The van der Waals surface area contributed by atoms with Crippen LogP contribution in [-0.4, -0.2) is 14.5 Å². The number of fused-ring (bicyclic) bond motifs is 3. The van der Waals surface area contributed by atoms with Crippen LogP contribution in [-0.2, 0) is 13.0 Å². The van der Waals surface area contributed by atoms with Crippen LogP contribution >= 0.6 is 12.2 Å². The summed E-state index contributed by atoms with van der Waals surface area (Å²) in [5, 5.41) is 0.987. The highest BCUT2D eigenvalue weighted by molar-refractivity contribution is 7.71. The van der Waals surface area contributed by atoms with Crippen molar-refractivity contribution in [3.05, 3.63) is 75.3 Å². The summed E-state index contributed by atoms with van der Waals surface area (Å²) in [6, 6.07) is 17.9. The Bertz CT molecular complexity index is 1110. The fraction of sp³-hybridized carbons (Fsp3) is 0.111. The number of rotatable bonds is 3. The molecule has 2 aromatic heterocycles.